The molecular weight excluding hydrogens is 369 g/mol. The van der Waals surface area contributed by atoms with Crippen LogP contribution in [0.1, 0.15) is 0 Å². The van der Waals surface area contributed by atoms with Gasteiger partial charge in [-0.25, -0.2) is 9.97 Å². The van der Waals surface area contributed by atoms with Gasteiger partial charge in [-0.3, -0.25) is 0 Å². The highest BCUT2D eigenvalue weighted by Crippen LogP contribution is 2.32. The summed E-state index contributed by atoms with van der Waals surface area (Å²) in [6, 6.07) is 12.5. The molecule has 4 N–H and O–H groups in total. The molecule has 5 nitrogen and oxygen atoms in total. The van der Waals surface area contributed by atoms with Crippen molar-refractivity contribution in [2.24, 2.45) is 0 Å². The normalized spacial score (nSPS) is 10.5. The van der Waals surface area contributed by atoms with Crippen molar-refractivity contribution in [2.45, 2.75) is 0 Å². The summed E-state index contributed by atoms with van der Waals surface area (Å²) >= 11 is 18.1. The molecule has 0 atom stereocenters. The largest absolute Gasteiger partial charge is 0.393 e. The standard InChI is InChI=1S/C16H12Cl3N5/c17-10-6-5-9(7-12(10)19)23-15-14(20)16(22-8-21-15)24-13-4-2-1-3-11(13)18/h1-8H,20H2,(H2,21,22,23,24). The zero-order valence-corrected chi connectivity index (χ0v) is 14.5. The van der Waals surface area contributed by atoms with E-state index in [4.69, 9.17) is 40.5 Å². The average molecular weight is 381 g/mol. The lowest BCUT2D eigenvalue weighted by atomic mass is 10.3. The molecule has 0 bridgehead atoms. The van der Waals surface area contributed by atoms with E-state index in [1.165, 1.54) is 6.33 Å². The summed E-state index contributed by atoms with van der Waals surface area (Å²) in [6.45, 7) is 0. The highest BCUT2D eigenvalue weighted by atomic mass is 35.5. The number of anilines is 5. The zero-order valence-electron chi connectivity index (χ0n) is 12.2. The molecule has 3 rings (SSSR count). The number of aromatic nitrogens is 2. The van der Waals surface area contributed by atoms with Gasteiger partial charge in [0.15, 0.2) is 11.6 Å². The molecule has 1 heterocycles. The van der Waals surface area contributed by atoms with Crippen LogP contribution in [0.25, 0.3) is 0 Å². The molecule has 0 unspecified atom stereocenters. The summed E-state index contributed by atoms with van der Waals surface area (Å²) in [5, 5.41) is 7.65. The predicted octanol–water partition coefficient (Wildman–Crippen LogP) is 5.51. The fourth-order valence-corrected chi connectivity index (χ4v) is 2.48. The molecule has 0 radical (unpaired) electrons. The maximum Gasteiger partial charge on any atom is 0.159 e. The Bertz CT molecular complexity index is 885. The Morgan fingerprint density at radius 1 is 0.792 bits per heavy atom. The maximum atomic E-state index is 6.14. The van der Waals surface area contributed by atoms with E-state index in [1.807, 2.05) is 18.2 Å². The van der Waals surface area contributed by atoms with Crippen molar-refractivity contribution in [2.75, 3.05) is 16.4 Å². The number of nitrogen functional groups attached to an aromatic ring is 1. The quantitative estimate of drug-likeness (QED) is 0.556. The lowest BCUT2D eigenvalue weighted by molar-refractivity contribution is 1.17. The molecule has 1 aromatic heterocycles. The van der Waals surface area contributed by atoms with Crippen LogP contribution >= 0.6 is 34.8 Å². The van der Waals surface area contributed by atoms with Gasteiger partial charge in [-0.15, -0.1) is 0 Å². The third-order valence-corrected chi connectivity index (χ3v) is 4.26. The highest BCUT2D eigenvalue weighted by molar-refractivity contribution is 6.42. The molecule has 0 aliphatic heterocycles. The molecule has 0 fully saturated rings. The molecule has 0 amide bonds. The number of nitrogens with zero attached hydrogens (tertiary/aromatic N) is 2. The average Bonchev–Trinajstić information content (AvgIpc) is 2.57. The molecule has 0 aliphatic carbocycles. The molecule has 8 heteroatoms. The van der Waals surface area contributed by atoms with Crippen LogP contribution in [-0.4, -0.2) is 9.97 Å². The monoisotopic (exact) mass is 379 g/mol. The van der Waals surface area contributed by atoms with Crippen molar-refractivity contribution < 1.29 is 0 Å². The van der Waals surface area contributed by atoms with Crippen LogP contribution in [0.15, 0.2) is 48.8 Å². The minimum absolute atomic E-state index is 0.350. The summed E-state index contributed by atoms with van der Waals surface area (Å²) in [6.07, 6.45) is 1.40. The lowest BCUT2D eigenvalue weighted by Gasteiger charge is -2.13. The van der Waals surface area contributed by atoms with E-state index in [0.29, 0.717) is 43.8 Å². The molecule has 0 spiro atoms. The van der Waals surface area contributed by atoms with Gasteiger partial charge >= 0.3 is 0 Å². The first-order valence-electron chi connectivity index (χ1n) is 6.88. The first kappa shape index (κ1) is 16.6. The van der Waals surface area contributed by atoms with Crippen LogP contribution in [0.5, 0.6) is 0 Å². The molecule has 2 aromatic carbocycles. The third-order valence-electron chi connectivity index (χ3n) is 3.19. The van der Waals surface area contributed by atoms with E-state index in [1.54, 1.807) is 24.3 Å². The van der Waals surface area contributed by atoms with Crippen LogP contribution in [0.4, 0.5) is 28.7 Å². The van der Waals surface area contributed by atoms with Crippen LogP contribution in [-0.2, 0) is 0 Å². The van der Waals surface area contributed by atoms with Gasteiger partial charge in [-0.05, 0) is 30.3 Å². The fraction of sp³-hybridized carbons (Fsp3) is 0. The second-order valence-electron chi connectivity index (χ2n) is 4.84. The minimum Gasteiger partial charge on any atom is -0.393 e. The second-order valence-corrected chi connectivity index (χ2v) is 6.06. The summed E-state index contributed by atoms with van der Waals surface area (Å²) in [5.74, 6) is 0.888. The highest BCUT2D eigenvalue weighted by Gasteiger charge is 2.10. The zero-order chi connectivity index (χ0) is 17.1. The first-order valence-corrected chi connectivity index (χ1v) is 8.02. The topological polar surface area (TPSA) is 75.9 Å². The molecule has 0 saturated carbocycles. The van der Waals surface area contributed by atoms with Gasteiger partial charge < -0.3 is 16.4 Å². The number of halogens is 3. The summed E-state index contributed by atoms with van der Waals surface area (Å²) in [7, 11) is 0. The number of rotatable bonds is 4. The molecule has 24 heavy (non-hydrogen) atoms. The van der Waals surface area contributed by atoms with Gasteiger partial charge in [-0.2, -0.15) is 0 Å². The predicted molar refractivity (Wildman–Crippen MR) is 101 cm³/mol. The van der Waals surface area contributed by atoms with Crippen LogP contribution in [0, 0.1) is 0 Å². The summed E-state index contributed by atoms with van der Waals surface area (Å²) in [5.41, 5.74) is 7.90. The number of benzene rings is 2. The van der Waals surface area contributed by atoms with Gasteiger partial charge in [0.1, 0.15) is 12.0 Å². The SMILES string of the molecule is Nc1c(Nc2ccc(Cl)c(Cl)c2)ncnc1Nc1ccccc1Cl. The van der Waals surface area contributed by atoms with E-state index in [-0.39, 0.29) is 0 Å². The molecule has 122 valence electrons. The smallest absolute Gasteiger partial charge is 0.159 e. The number of nitrogens with one attached hydrogen (secondary N) is 2. The number of para-hydroxylation sites is 1. The molecule has 0 saturated heterocycles. The second kappa shape index (κ2) is 7.13. The van der Waals surface area contributed by atoms with Gasteiger partial charge in [0, 0.05) is 5.69 Å². The Balaban J connectivity index is 1.88. The summed E-state index contributed by atoms with van der Waals surface area (Å²) < 4.78 is 0. The van der Waals surface area contributed by atoms with Gasteiger partial charge in [-0.1, -0.05) is 46.9 Å². The lowest BCUT2D eigenvalue weighted by Crippen LogP contribution is -2.05. The van der Waals surface area contributed by atoms with Crippen molar-refractivity contribution in [1.29, 1.82) is 0 Å². The Morgan fingerprint density at radius 2 is 1.50 bits per heavy atom. The van der Waals surface area contributed by atoms with E-state index in [2.05, 4.69) is 20.6 Å². The van der Waals surface area contributed by atoms with Gasteiger partial charge in [0.25, 0.3) is 0 Å². The number of hydrogen-bond donors (Lipinski definition) is 3. The van der Waals surface area contributed by atoms with Crippen molar-refractivity contribution in [3.8, 4) is 0 Å². The molecule has 0 aliphatic rings. The van der Waals surface area contributed by atoms with Crippen LogP contribution < -0.4 is 16.4 Å². The van der Waals surface area contributed by atoms with Crippen LogP contribution in [0.2, 0.25) is 15.1 Å². The van der Waals surface area contributed by atoms with Crippen molar-refractivity contribution in [1.82, 2.24) is 9.97 Å². The van der Waals surface area contributed by atoms with Gasteiger partial charge in [0.2, 0.25) is 0 Å². The Morgan fingerprint density at radius 3 is 2.21 bits per heavy atom. The van der Waals surface area contributed by atoms with E-state index < -0.39 is 0 Å². The van der Waals surface area contributed by atoms with Crippen molar-refractivity contribution in [3.05, 3.63) is 63.9 Å². The Hall–Kier alpha value is -2.21. The summed E-state index contributed by atoms with van der Waals surface area (Å²) in [4.78, 5) is 8.31. The third kappa shape index (κ3) is 3.64. The number of nitrogens with two attached hydrogens (primary N) is 1. The van der Waals surface area contributed by atoms with Crippen molar-refractivity contribution in [3.63, 3.8) is 0 Å². The van der Waals surface area contributed by atoms with E-state index in [9.17, 15) is 0 Å². The first-order chi connectivity index (χ1) is 11.5. The molecule has 3 aromatic rings. The molecular formula is C16H12Cl3N5. The fourth-order valence-electron chi connectivity index (χ4n) is 2.00. The Kier molecular flexibility index (Phi) is 4.94. The van der Waals surface area contributed by atoms with E-state index >= 15 is 0 Å². The van der Waals surface area contributed by atoms with Crippen LogP contribution in [0.3, 0.4) is 0 Å². The van der Waals surface area contributed by atoms with E-state index in [0.717, 1.165) is 0 Å². The maximum absolute atomic E-state index is 6.14. The van der Waals surface area contributed by atoms with Crippen molar-refractivity contribution >= 4 is 63.5 Å². The Labute approximate surface area is 153 Å². The number of hydrogen-bond acceptors (Lipinski definition) is 5. The minimum atomic E-state index is 0.350. The van der Waals surface area contributed by atoms with Gasteiger partial charge in [0.05, 0.1) is 20.8 Å².